The highest BCUT2D eigenvalue weighted by molar-refractivity contribution is 7.13. The number of hydrogen-bond acceptors (Lipinski definition) is 3. The van der Waals surface area contributed by atoms with Crippen LogP contribution in [0.15, 0.2) is 18.2 Å². The number of carbonyl (C=O) groups excluding carboxylic acids is 1. The third-order valence-corrected chi connectivity index (χ3v) is 3.70. The van der Waals surface area contributed by atoms with Gasteiger partial charge < -0.3 is 0 Å². The van der Waals surface area contributed by atoms with E-state index in [1.54, 1.807) is 6.92 Å². The molecular weight excluding hydrogens is 256 g/mol. The van der Waals surface area contributed by atoms with Crippen molar-refractivity contribution < 1.29 is 13.6 Å². The van der Waals surface area contributed by atoms with Crippen molar-refractivity contribution in [2.75, 3.05) is 0 Å². The number of thiazole rings is 1. The molecule has 1 aromatic heterocycles. The van der Waals surface area contributed by atoms with E-state index in [9.17, 15) is 13.6 Å². The van der Waals surface area contributed by atoms with E-state index in [0.717, 1.165) is 6.07 Å². The smallest absolute Gasteiger partial charge is 0.171 e. The third kappa shape index (κ3) is 2.79. The fraction of sp³-hybridized carbons (Fsp3) is 0.231. The van der Waals surface area contributed by atoms with Crippen molar-refractivity contribution in [3.05, 3.63) is 51.0 Å². The molecule has 18 heavy (non-hydrogen) atoms. The summed E-state index contributed by atoms with van der Waals surface area (Å²) in [5.74, 6) is -1.25. The monoisotopic (exact) mass is 267 g/mol. The van der Waals surface area contributed by atoms with Crippen LogP contribution in [-0.2, 0) is 6.42 Å². The SMILES string of the molecule is CC(=O)c1sc(Cc2cc(F)cc(F)c2)nc1C. The first-order valence-electron chi connectivity index (χ1n) is 5.38. The first-order chi connectivity index (χ1) is 8.45. The summed E-state index contributed by atoms with van der Waals surface area (Å²) < 4.78 is 26.1. The molecule has 2 nitrogen and oxygen atoms in total. The van der Waals surface area contributed by atoms with E-state index in [4.69, 9.17) is 0 Å². The maximum Gasteiger partial charge on any atom is 0.171 e. The number of ketones is 1. The average molecular weight is 267 g/mol. The largest absolute Gasteiger partial charge is 0.294 e. The van der Waals surface area contributed by atoms with Gasteiger partial charge in [-0.15, -0.1) is 11.3 Å². The Bertz CT molecular complexity index is 587. The van der Waals surface area contributed by atoms with Gasteiger partial charge >= 0.3 is 0 Å². The number of halogens is 2. The van der Waals surface area contributed by atoms with Crippen molar-refractivity contribution in [1.82, 2.24) is 4.98 Å². The van der Waals surface area contributed by atoms with Crippen LogP contribution < -0.4 is 0 Å². The predicted molar refractivity (Wildman–Crippen MR) is 66.0 cm³/mol. The molecule has 5 heteroatoms. The van der Waals surface area contributed by atoms with Crippen molar-refractivity contribution >= 4 is 17.1 Å². The first-order valence-corrected chi connectivity index (χ1v) is 6.19. The van der Waals surface area contributed by atoms with E-state index in [1.165, 1.54) is 30.4 Å². The normalized spacial score (nSPS) is 10.7. The van der Waals surface area contributed by atoms with Crippen molar-refractivity contribution in [3.63, 3.8) is 0 Å². The van der Waals surface area contributed by atoms with Crippen LogP contribution in [0.2, 0.25) is 0 Å². The van der Waals surface area contributed by atoms with Gasteiger partial charge in [-0.2, -0.15) is 0 Å². The van der Waals surface area contributed by atoms with E-state index in [-0.39, 0.29) is 5.78 Å². The molecule has 0 bridgehead atoms. The van der Waals surface area contributed by atoms with Crippen LogP contribution in [-0.4, -0.2) is 10.8 Å². The topological polar surface area (TPSA) is 30.0 Å². The lowest BCUT2D eigenvalue weighted by molar-refractivity contribution is 0.102. The van der Waals surface area contributed by atoms with Gasteiger partial charge in [0.05, 0.1) is 15.6 Å². The molecule has 0 spiro atoms. The zero-order valence-corrected chi connectivity index (χ0v) is 10.8. The molecular formula is C13H11F2NOS. The second-order valence-electron chi connectivity index (χ2n) is 4.03. The van der Waals surface area contributed by atoms with Crippen molar-refractivity contribution in [1.29, 1.82) is 0 Å². The number of rotatable bonds is 3. The van der Waals surface area contributed by atoms with Gasteiger partial charge in [-0.25, -0.2) is 13.8 Å². The number of aryl methyl sites for hydroxylation is 1. The average Bonchev–Trinajstić information content (AvgIpc) is 2.57. The molecule has 0 unspecified atom stereocenters. The summed E-state index contributed by atoms with van der Waals surface area (Å²) >= 11 is 1.27. The van der Waals surface area contributed by atoms with Gasteiger partial charge in [-0.05, 0) is 24.6 Å². The summed E-state index contributed by atoms with van der Waals surface area (Å²) in [6.45, 7) is 3.23. The lowest BCUT2D eigenvalue weighted by Crippen LogP contribution is -1.91. The molecule has 0 saturated heterocycles. The minimum atomic E-state index is -0.606. The van der Waals surface area contributed by atoms with Gasteiger partial charge in [0.15, 0.2) is 5.78 Å². The zero-order chi connectivity index (χ0) is 13.3. The van der Waals surface area contributed by atoms with E-state index >= 15 is 0 Å². The standard InChI is InChI=1S/C13H11F2NOS/c1-7-13(8(2)17)18-12(16-7)5-9-3-10(14)6-11(15)4-9/h3-4,6H,5H2,1-2H3. The number of Topliss-reactive ketones (excluding diaryl/α,β-unsaturated/α-hetero) is 1. The molecule has 0 atom stereocenters. The Labute approximate surface area is 107 Å². The minimum absolute atomic E-state index is 0.0401. The molecule has 0 aliphatic heterocycles. The Hall–Kier alpha value is -1.62. The fourth-order valence-electron chi connectivity index (χ4n) is 1.74. The molecule has 0 aliphatic rings. The lowest BCUT2D eigenvalue weighted by atomic mass is 10.1. The van der Waals surface area contributed by atoms with Gasteiger partial charge in [-0.1, -0.05) is 0 Å². The van der Waals surface area contributed by atoms with Gasteiger partial charge in [0.1, 0.15) is 11.6 Å². The number of nitrogens with zero attached hydrogens (tertiary/aromatic N) is 1. The van der Waals surface area contributed by atoms with Gasteiger partial charge in [0.25, 0.3) is 0 Å². The summed E-state index contributed by atoms with van der Waals surface area (Å²) in [6, 6.07) is 3.37. The molecule has 2 rings (SSSR count). The third-order valence-electron chi connectivity index (χ3n) is 2.44. The number of carbonyl (C=O) groups is 1. The maximum absolute atomic E-state index is 13.0. The number of hydrogen-bond donors (Lipinski definition) is 0. The Kier molecular flexibility index (Phi) is 3.52. The maximum atomic E-state index is 13.0. The van der Waals surface area contributed by atoms with E-state index < -0.39 is 11.6 Å². The van der Waals surface area contributed by atoms with Crippen LogP contribution >= 0.6 is 11.3 Å². The van der Waals surface area contributed by atoms with Crippen LogP contribution in [0.1, 0.15) is 32.9 Å². The van der Waals surface area contributed by atoms with Crippen molar-refractivity contribution in [2.24, 2.45) is 0 Å². The fourth-order valence-corrected chi connectivity index (χ4v) is 2.74. The van der Waals surface area contributed by atoms with Crippen molar-refractivity contribution in [2.45, 2.75) is 20.3 Å². The number of benzene rings is 1. The van der Waals surface area contributed by atoms with Gasteiger partial charge in [0, 0.05) is 19.4 Å². The molecule has 1 heterocycles. The highest BCUT2D eigenvalue weighted by Gasteiger charge is 2.12. The van der Waals surface area contributed by atoms with Crippen LogP contribution in [0.5, 0.6) is 0 Å². The highest BCUT2D eigenvalue weighted by Crippen LogP contribution is 2.22. The van der Waals surface area contributed by atoms with E-state index in [2.05, 4.69) is 4.98 Å². The molecule has 0 radical (unpaired) electrons. The van der Waals surface area contributed by atoms with Gasteiger partial charge in [0.2, 0.25) is 0 Å². The molecule has 2 aromatic rings. The Morgan fingerprint density at radius 2 is 1.89 bits per heavy atom. The Morgan fingerprint density at radius 1 is 1.28 bits per heavy atom. The quantitative estimate of drug-likeness (QED) is 0.796. The molecule has 0 N–H and O–H groups in total. The molecule has 0 fully saturated rings. The second-order valence-corrected chi connectivity index (χ2v) is 5.12. The molecule has 1 aromatic carbocycles. The number of aromatic nitrogens is 1. The van der Waals surface area contributed by atoms with Crippen molar-refractivity contribution in [3.8, 4) is 0 Å². The first kappa shape index (κ1) is 12.8. The van der Waals surface area contributed by atoms with Crippen LogP contribution in [0.25, 0.3) is 0 Å². The van der Waals surface area contributed by atoms with Crippen LogP contribution in [0, 0.1) is 18.6 Å². The summed E-state index contributed by atoms with van der Waals surface area (Å²) in [6.07, 6.45) is 0.327. The Balaban J connectivity index is 2.28. The summed E-state index contributed by atoms with van der Waals surface area (Å²) in [7, 11) is 0. The van der Waals surface area contributed by atoms with E-state index in [1.807, 2.05) is 0 Å². The van der Waals surface area contributed by atoms with Gasteiger partial charge in [-0.3, -0.25) is 4.79 Å². The van der Waals surface area contributed by atoms with Crippen LogP contribution in [0.3, 0.4) is 0 Å². The molecule has 0 amide bonds. The molecule has 0 aliphatic carbocycles. The highest BCUT2D eigenvalue weighted by atomic mass is 32.1. The second kappa shape index (κ2) is 4.94. The summed E-state index contributed by atoms with van der Waals surface area (Å²) in [5, 5.41) is 0.683. The summed E-state index contributed by atoms with van der Waals surface area (Å²) in [4.78, 5) is 16.1. The van der Waals surface area contributed by atoms with Crippen LogP contribution in [0.4, 0.5) is 8.78 Å². The zero-order valence-electron chi connectivity index (χ0n) is 9.96. The summed E-state index contributed by atoms with van der Waals surface area (Å²) in [5.41, 5.74) is 1.18. The molecule has 0 saturated carbocycles. The predicted octanol–water partition coefficient (Wildman–Crippen LogP) is 3.52. The molecule has 94 valence electrons. The lowest BCUT2D eigenvalue weighted by Gasteiger charge is -1.99. The minimum Gasteiger partial charge on any atom is -0.294 e. The van der Waals surface area contributed by atoms with E-state index in [0.29, 0.717) is 27.6 Å². The Morgan fingerprint density at radius 3 is 2.39 bits per heavy atom.